The van der Waals surface area contributed by atoms with Gasteiger partial charge in [0.2, 0.25) is 5.89 Å². The molecule has 2 heterocycles. The Bertz CT molecular complexity index is 487. The molecule has 104 valence electrons. The lowest BCUT2D eigenvalue weighted by molar-refractivity contribution is -0.142. The number of carboxylic acid groups (broad SMARTS) is 1. The number of hydrogen-bond donors (Lipinski definition) is 2. The van der Waals surface area contributed by atoms with E-state index >= 15 is 0 Å². The Morgan fingerprint density at radius 3 is 2.84 bits per heavy atom. The van der Waals surface area contributed by atoms with Gasteiger partial charge in [-0.2, -0.15) is 4.98 Å². The average Bonchev–Trinajstić information content (AvgIpc) is 2.92. The van der Waals surface area contributed by atoms with Crippen molar-refractivity contribution in [1.29, 1.82) is 0 Å². The summed E-state index contributed by atoms with van der Waals surface area (Å²) < 4.78 is 4.88. The topological polar surface area (TPSA) is 109 Å². The van der Waals surface area contributed by atoms with Crippen LogP contribution in [0, 0.1) is 12.8 Å². The summed E-state index contributed by atoms with van der Waals surface area (Å²) >= 11 is 0. The van der Waals surface area contributed by atoms with Gasteiger partial charge in [-0.05, 0) is 20.3 Å². The van der Waals surface area contributed by atoms with Crippen molar-refractivity contribution in [3.8, 4) is 0 Å². The van der Waals surface area contributed by atoms with Gasteiger partial charge in [-0.25, -0.2) is 4.79 Å². The molecule has 0 bridgehead atoms. The normalized spacial score (nSPS) is 22.5. The number of nitrogens with one attached hydrogen (secondary N) is 1. The first-order valence-electron chi connectivity index (χ1n) is 6.05. The van der Waals surface area contributed by atoms with Gasteiger partial charge in [-0.3, -0.25) is 4.79 Å². The number of likely N-dealkylation sites (tertiary alicyclic amines) is 1. The summed E-state index contributed by atoms with van der Waals surface area (Å²) in [6.07, 6.45) is 0.476. The largest absolute Gasteiger partial charge is 0.481 e. The first kappa shape index (κ1) is 13.3. The molecule has 0 aliphatic carbocycles. The second kappa shape index (κ2) is 5.25. The minimum atomic E-state index is -0.865. The summed E-state index contributed by atoms with van der Waals surface area (Å²) in [7, 11) is 0. The fraction of sp³-hybridized carbons (Fsp3) is 0.636. The molecule has 0 spiro atoms. The second-order valence-corrected chi connectivity index (χ2v) is 4.56. The van der Waals surface area contributed by atoms with E-state index in [1.165, 1.54) is 4.90 Å². The van der Waals surface area contributed by atoms with E-state index in [9.17, 15) is 9.59 Å². The van der Waals surface area contributed by atoms with E-state index in [2.05, 4.69) is 15.5 Å². The molecule has 1 aromatic rings. The summed E-state index contributed by atoms with van der Waals surface area (Å²) in [4.78, 5) is 28.4. The first-order valence-corrected chi connectivity index (χ1v) is 6.05. The third-order valence-electron chi connectivity index (χ3n) is 3.29. The monoisotopic (exact) mass is 268 g/mol. The SMILES string of the molecule is Cc1noc(CNC(=O)N2CCC(C(=O)O)C2C)n1. The molecule has 1 saturated heterocycles. The molecule has 0 aromatic carbocycles. The number of hydrogen-bond acceptors (Lipinski definition) is 5. The number of carboxylic acids is 1. The van der Waals surface area contributed by atoms with Gasteiger partial charge >= 0.3 is 12.0 Å². The Balaban J connectivity index is 1.89. The van der Waals surface area contributed by atoms with Crippen LogP contribution in [0.1, 0.15) is 25.1 Å². The zero-order chi connectivity index (χ0) is 14.0. The highest BCUT2D eigenvalue weighted by Gasteiger charge is 2.38. The number of urea groups is 1. The third-order valence-corrected chi connectivity index (χ3v) is 3.29. The van der Waals surface area contributed by atoms with Crippen molar-refractivity contribution in [2.24, 2.45) is 5.92 Å². The molecule has 2 unspecified atom stereocenters. The van der Waals surface area contributed by atoms with Crippen molar-refractivity contribution in [3.63, 3.8) is 0 Å². The van der Waals surface area contributed by atoms with Crippen LogP contribution in [0.2, 0.25) is 0 Å². The standard InChI is InChI=1S/C11H16N4O4/c1-6-8(10(16)17)3-4-15(6)11(18)12-5-9-13-7(2)14-19-9/h6,8H,3-5H2,1-2H3,(H,12,18)(H,16,17). The van der Waals surface area contributed by atoms with E-state index in [4.69, 9.17) is 9.63 Å². The van der Waals surface area contributed by atoms with Crippen molar-refractivity contribution in [3.05, 3.63) is 11.7 Å². The number of nitrogens with zero attached hydrogens (tertiary/aromatic N) is 3. The predicted octanol–water partition coefficient (Wildman–Crippen LogP) is 0.383. The van der Waals surface area contributed by atoms with Crippen LogP contribution in [0.3, 0.4) is 0 Å². The van der Waals surface area contributed by atoms with Crippen molar-refractivity contribution in [1.82, 2.24) is 20.4 Å². The van der Waals surface area contributed by atoms with Crippen LogP contribution in [-0.2, 0) is 11.3 Å². The highest BCUT2D eigenvalue weighted by molar-refractivity contribution is 5.78. The number of aromatic nitrogens is 2. The summed E-state index contributed by atoms with van der Waals surface area (Å²) in [5, 5.41) is 15.3. The van der Waals surface area contributed by atoms with Gasteiger partial charge in [0.25, 0.3) is 0 Å². The van der Waals surface area contributed by atoms with Crippen molar-refractivity contribution < 1.29 is 19.2 Å². The van der Waals surface area contributed by atoms with Gasteiger partial charge in [0.15, 0.2) is 5.82 Å². The maximum Gasteiger partial charge on any atom is 0.318 e. The predicted molar refractivity (Wildman–Crippen MR) is 63.2 cm³/mol. The minimum Gasteiger partial charge on any atom is -0.481 e. The molecule has 19 heavy (non-hydrogen) atoms. The van der Waals surface area contributed by atoms with E-state index in [1.807, 2.05) is 0 Å². The van der Waals surface area contributed by atoms with Crippen LogP contribution >= 0.6 is 0 Å². The molecule has 2 atom stereocenters. The lowest BCUT2D eigenvalue weighted by Gasteiger charge is -2.23. The molecule has 8 nitrogen and oxygen atoms in total. The van der Waals surface area contributed by atoms with E-state index in [1.54, 1.807) is 13.8 Å². The maximum atomic E-state index is 11.9. The Morgan fingerprint density at radius 2 is 2.32 bits per heavy atom. The maximum absolute atomic E-state index is 11.9. The van der Waals surface area contributed by atoms with Gasteiger partial charge in [0, 0.05) is 12.6 Å². The zero-order valence-corrected chi connectivity index (χ0v) is 10.8. The molecule has 1 fully saturated rings. The van der Waals surface area contributed by atoms with Crippen LogP contribution in [0.25, 0.3) is 0 Å². The number of aliphatic carboxylic acids is 1. The molecule has 1 aromatic heterocycles. The fourth-order valence-corrected chi connectivity index (χ4v) is 2.22. The van der Waals surface area contributed by atoms with E-state index in [-0.39, 0.29) is 18.6 Å². The summed E-state index contributed by atoms with van der Waals surface area (Å²) in [5.41, 5.74) is 0. The van der Waals surface area contributed by atoms with Gasteiger partial charge < -0.3 is 19.8 Å². The Morgan fingerprint density at radius 1 is 1.58 bits per heavy atom. The molecule has 2 rings (SSSR count). The Labute approximate surface area is 109 Å². The molecule has 0 radical (unpaired) electrons. The fourth-order valence-electron chi connectivity index (χ4n) is 2.22. The lowest BCUT2D eigenvalue weighted by atomic mass is 10.0. The van der Waals surface area contributed by atoms with Crippen LogP contribution < -0.4 is 5.32 Å². The highest BCUT2D eigenvalue weighted by Crippen LogP contribution is 2.24. The third kappa shape index (κ3) is 2.83. The minimum absolute atomic E-state index is 0.140. The van der Waals surface area contributed by atoms with E-state index in [0.29, 0.717) is 24.7 Å². The van der Waals surface area contributed by atoms with E-state index < -0.39 is 11.9 Å². The van der Waals surface area contributed by atoms with Crippen LogP contribution in [0.15, 0.2) is 4.52 Å². The molecule has 1 aliphatic rings. The molecule has 1 aliphatic heterocycles. The second-order valence-electron chi connectivity index (χ2n) is 4.56. The number of amides is 2. The van der Waals surface area contributed by atoms with Crippen LogP contribution in [0.4, 0.5) is 4.79 Å². The van der Waals surface area contributed by atoms with Crippen LogP contribution in [0.5, 0.6) is 0 Å². The molecule has 0 saturated carbocycles. The summed E-state index contributed by atoms with van der Waals surface area (Å²) in [6.45, 7) is 4.00. The van der Waals surface area contributed by atoms with E-state index in [0.717, 1.165) is 0 Å². The zero-order valence-electron chi connectivity index (χ0n) is 10.8. The molecular weight excluding hydrogens is 252 g/mol. The highest BCUT2D eigenvalue weighted by atomic mass is 16.5. The number of aryl methyl sites for hydroxylation is 1. The quantitative estimate of drug-likeness (QED) is 0.820. The van der Waals surface area contributed by atoms with Gasteiger partial charge in [-0.15, -0.1) is 0 Å². The molecule has 2 N–H and O–H groups in total. The summed E-state index contributed by atoms with van der Waals surface area (Å²) in [6, 6.07) is -0.631. The molecular formula is C11H16N4O4. The number of carbonyl (C=O) groups is 2. The average molecular weight is 268 g/mol. The Kier molecular flexibility index (Phi) is 3.68. The lowest BCUT2D eigenvalue weighted by Crippen LogP contribution is -2.43. The summed E-state index contributed by atoms with van der Waals surface area (Å²) in [5.74, 6) is -0.538. The van der Waals surface area contributed by atoms with Gasteiger partial charge in [0.1, 0.15) is 0 Å². The number of carbonyl (C=O) groups excluding carboxylic acids is 1. The van der Waals surface area contributed by atoms with Crippen molar-refractivity contribution in [2.75, 3.05) is 6.54 Å². The first-order chi connectivity index (χ1) is 8.99. The molecule has 8 heteroatoms. The van der Waals surface area contributed by atoms with Gasteiger partial charge in [-0.1, -0.05) is 5.16 Å². The number of rotatable bonds is 3. The molecule has 2 amide bonds. The van der Waals surface area contributed by atoms with Crippen molar-refractivity contribution >= 4 is 12.0 Å². The van der Waals surface area contributed by atoms with Crippen molar-refractivity contribution in [2.45, 2.75) is 32.9 Å². The van der Waals surface area contributed by atoms with Crippen LogP contribution in [-0.4, -0.2) is 44.7 Å². The smallest absolute Gasteiger partial charge is 0.318 e. The Hall–Kier alpha value is -2.12. The van der Waals surface area contributed by atoms with Gasteiger partial charge in [0.05, 0.1) is 12.5 Å².